The van der Waals surface area contributed by atoms with Crippen LogP contribution in [0.3, 0.4) is 0 Å². The second-order valence-electron chi connectivity index (χ2n) is 10.0. The molecule has 0 bridgehead atoms. The first-order valence-corrected chi connectivity index (χ1v) is 13.4. The number of nitrogens with zero attached hydrogens (tertiary/aromatic N) is 2. The molecule has 0 amide bonds. The lowest BCUT2D eigenvalue weighted by Gasteiger charge is -2.13. The standard InChI is InChI=1S/C31H34N6.4ClH/c1-21-17-23(29-20-35-31(37-29)28-14-8-16-33-28)18-26(22-9-3-2-4-10-22)25(21)12-6-5-11-24-19-34-30(36-24)27-13-7-15-32-27;;;;/h2-6,9-12,17-20,27-28,32-33H,7-8,13-16H2,1H3,(H,34,36)(H,35,37);4*1H/t27-,28-;;;;/m0..../s1. The molecule has 6 nitrogen and oxygen atoms in total. The summed E-state index contributed by atoms with van der Waals surface area (Å²) >= 11 is 0. The molecule has 2 fully saturated rings. The number of hydrogen-bond acceptors (Lipinski definition) is 4. The van der Waals surface area contributed by atoms with Gasteiger partial charge in [-0.15, -0.1) is 49.6 Å². The van der Waals surface area contributed by atoms with Crippen molar-refractivity contribution in [2.75, 3.05) is 13.1 Å². The van der Waals surface area contributed by atoms with Crippen LogP contribution in [0.4, 0.5) is 0 Å². The molecule has 4 heterocycles. The van der Waals surface area contributed by atoms with Crippen LogP contribution in [0.15, 0.2) is 67.0 Å². The highest BCUT2D eigenvalue weighted by Gasteiger charge is 2.20. The molecule has 0 unspecified atom stereocenters. The molecule has 2 saturated heterocycles. The van der Waals surface area contributed by atoms with Crippen LogP contribution in [0, 0.1) is 6.92 Å². The molecule has 2 aromatic heterocycles. The Morgan fingerprint density at radius 2 is 1.37 bits per heavy atom. The van der Waals surface area contributed by atoms with Gasteiger partial charge in [0.05, 0.1) is 35.9 Å². The zero-order valence-electron chi connectivity index (χ0n) is 22.9. The number of imidazole rings is 2. The molecule has 4 N–H and O–H groups in total. The van der Waals surface area contributed by atoms with Gasteiger partial charge in [0, 0.05) is 5.56 Å². The summed E-state index contributed by atoms with van der Waals surface area (Å²) in [6, 6.07) is 15.8. The highest BCUT2D eigenvalue weighted by Crippen LogP contribution is 2.33. The molecule has 0 radical (unpaired) electrons. The molecule has 0 aliphatic carbocycles. The molecule has 6 rings (SSSR count). The average Bonchev–Trinajstić information content (AvgIpc) is 3.74. The van der Waals surface area contributed by atoms with Crippen LogP contribution in [0.5, 0.6) is 0 Å². The van der Waals surface area contributed by atoms with Gasteiger partial charge < -0.3 is 20.6 Å². The number of aromatic nitrogens is 4. The third kappa shape index (κ3) is 8.04. The highest BCUT2D eigenvalue weighted by atomic mass is 35.5. The normalized spacial score (nSPS) is 18.1. The van der Waals surface area contributed by atoms with Gasteiger partial charge in [0.15, 0.2) is 0 Å². The first-order chi connectivity index (χ1) is 18.2. The predicted molar refractivity (Wildman–Crippen MR) is 180 cm³/mol. The number of benzene rings is 2. The monoisotopic (exact) mass is 634 g/mol. The van der Waals surface area contributed by atoms with Crippen LogP contribution < -0.4 is 10.6 Å². The summed E-state index contributed by atoms with van der Waals surface area (Å²) in [7, 11) is 0. The molecular formula is C31H38Cl4N6. The second kappa shape index (κ2) is 16.2. The van der Waals surface area contributed by atoms with Crippen molar-refractivity contribution in [3.8, 4) is 22.4 Å². The molecule has 2 aliphatic heterocycles. The smallest absolute Gasteiger partial charge is 0.123 e. The van der Waals surface area contributed by atoms with Crippen molar-refractivity contribution in [2.45, 2.75) is 44.7 Å². The zero-order valence-corrected chi connectivity index (χ0v) is 26.2. The van der Waals surface area contributed by atoms with Gasteiger partial charge in [0.25, 0.3) is 0 Å². The summed E-state index contributed by atoms with van der Waals surface area (Å²) in [6.45, 7) is 4.32. The molecule has 41 heavy (non-hydrogen) atoms. The van der Waals surface area contributed by atoms with Gasteiger partial charge in [-0.2, -0.15) is 0 Å². The van der Waals surface area contributed by atoms with E-state index in [1.165, 1.54) is 35.1 Å². The van der Waals surface area contributed by atoms with Crippen LogP contribution in [-0.2, 0) is 0 Å². The van der Waals surface area contributed by atoms with Gasteiger partial charge in [-0.3, -0.25) is 0 Å². The fourth-order valence-corrected chi connectivity index (χ4v) is 5.45. The molecule has 10 heteroatoms. The summed E-state index contributed by atoms with van der Waals surface area (Å²) in [5.41, 5.74) is 8.11. The summed E-state index contributed by atoms with van der Waals surface area (Å²) in [6.07, 6.45) is 17.0. The van der Waals surface area contributed by atoms with Gasteiger partial charge in [-0.05, 0) is 86.2 Å². The van der Waals surface area contributed by atoms with Gasteiger partial charge >= 0.3 is 0 Å². The Kier molecular flexibility index (Phi) is 13.6. The first kappa shape index (κ1) is 34.6. The Morgan fingerprint density at radius 3 is 2.02 bits per heavy atom. The Labute approximate surface area is 267 Å². The molecule has 220 valence electrons. The van der Waals surface area contributed by atoms with Crippen LogP contribution in [0.1, 0.15) is 66.2 Å². The number of nitrogens with one attached hydrogen (secondary N) is 4. The van der Waals surface area contributed by atoms with E-state index in [-0.39, 0.29) is 49.6 Å². The average molecular weight is 636 g/mol. The molecule has 2 aliphatic rings. The minimum Gasteiger partial charge on any atom is -0.341 e. The molecule has 0 saturated carbocycles. The van der Waals surface area contributed by atoms with Crippen molar-refractivity contribution in [2.24, 2.45) is 0 Å². The quantitative estimate of drug-likeness (QED) is 0.155. The van der Waals surface area contributed by atoms with Crippen LogP contribution >= 0.6 is 49.6 Å². The van der Waals surface area contributed by atoms with E-state index in [0.29, 0.717) is 12.1 Å². The topological polar surface area (TPSA) is 81.4 Å². The Balaban J connectivity index is 0.00000147. The van der Waals surface area contributed by atoms with E-state index in [1.54, 1.807) is 0 Å². The van der Waals surface area contributed by atoms with E-state index in [0.717, 1.165) is 54.5 Å². The Hall–Kier alpha value is -2.58. The Morgan fingerprint density at radius 1 is 0.732 bits per heavy atom. The Bertz CT molecular complexity index is 1420. The lowest BCUT2D eigenvalue weighted by atomic mass is 9.92. The molecule has 4 aromatic rings. The SMILES string of the molecule is Cc1cc(-c2cnc([C@@H]3CCCN3)[nH]2)cc(-c2ccccc2)c1C=CC=Cc1cnc([C@@H]2CCCN2)[nH]1.Cl.Cl.Cl.Cl. The predicted octanol–water partition coefficient (Wildman–Crippen LogP) is 8.04. The van der Waals surface area contributed by atoms with Crippen molar-refractivity contribution in [1.82, 2.24) is 30.6 Å². The summed E-state index contributed by atoms with van der Waals surface area (Å²) in [5, 5.41) is 7.03. The maximum Gasteiger partial charge on any atom is 0.123 e. The lowest BCUT2D eigenvalue weighted by molar-refractivity contribution is 0.612. The summed E-state index contributed by atoms with van der Waals surface area (Å²) in [4.78, 5) is 16.3. The van der Waals surface area contributed by atoms with Gasteiger partial charge in [0.2, 0.25) is 0 Å². The molecule has 0 spiro atoms. The lowest BCUT2D eigenvalue weighted by Crippen LogP contribution is -2.14. The molecule has 2 aromatic carbocycles. The molecular weight excluding hydrogens is 598 g/mol. The number of rotatable bonds is 7. The molecule has 2 atom stereocenters. The van der Waals surface area contributed by atoms with Gasteiger partial charge in [0.1, 0.15) is 11.6 Å². The maximum absolute atomic E-state index is 4.69. The number of H-pyrrole nitrogens is 2. The largest absolute Gasteiger partial charge is 0.341 e. The van der Waals surface area contributed by atoms with E-state index in [9.17, 15) is 0 Å². The van der Waals surface area contributed by atoms with Gasteiger partial charge in [-0.1, -0.05) is 48.6 Å². The number of aromatic amines is 2. The number of halogens is 4. The third-order valence-corrected chi connectivity index (χ3v) is 7.42. The highest BCUT2D eigenvalue weighted by molar-refractivity contribution is 5.86. The van der Waals surface area contributed by atoms with Gasteiger partial charge in [-0.25, -0.2) is 9.97 Å². The van der Waals surface area contributed by atoms with Crippen molar-refractivity contribution in [1.29, 1.82) is 0 Å². The van der Waals surface area contributed by atoms with E-state index >= 15 is 0 Å². The van der Waals surface area contributed by atoms with Crippen LogP contribution in [0.2, 0.25) is 0 Å². The van der Waals surface area contributed by atoms with E-state index < -0.39 is 0 Å². The minimum absolute atomic E-state index is 0. The maximum atomic E-state index is 4.69. The fraction of sp³-hybridized carbons (Fsp3) is 0.290. The second-order valence-corrected chi connectivity index (χ2v) is 10.0. The van der Waals surface area contributed by atoms with Crippen molar-refractivity contribution in [3.05, 3.63) is 95.5 Å². The summed E-state index contributed by atoms with van der Waals surface area (Å²) in [5.74, 6) is 2.07. The first-order valence-electron chi connectivity index (χ1n) is 13.4. The van der Waals surface area contributed by atoms with Crippen LogP contribution in [-0.4, -0.2) is 33.0 Å². The fourth-order valence-electron chi connectivity index (χ4n) is 5.45. The van der Waals surface area contributed by atoms with Crippen molar-refractivity contribution in [3.63, 3.8) is 0 Å². The van der Waals surface area contributed by atoms with Crippen molar-refractivity contribution < 1.29 is 0 Å². The van der Waals surface area contributed by atoms with Crippen LogP contribution in [0.25, 0.3) is 34.5 Å². The minimum atomic E-state index is 0. The zero-order chi connectivity index (χ0) is 25.0. The summed E-state index contributed by atoms with van der Waals surface area (Å²) < 4.78 is 0. The van der Waals surface area contributed by atoms with Crippen molar-refractivity contribution >= 4 is 61.8 Å². The number of hydrogen-bond donors (Lipinski definition) is 4. The van der Waals surface area contributed by atoms with E-state index in [4.69, 9.17) is 4.98 Å². The van der Waals surface area contributed by atoms with E-state index in [2.05, 4.69) is 99.3 Å². The van der Waals surface area contributed by atoms with E-state index in [1.807, 2.05) is 12.4 Å². The third-order valence-electron chi connectivity index (χ3n) is 7.42. The number of aryl methyl sites for hydroxylation is 1. The number of allylic oxidation sites excluding steroid dienone is 2.